The third-order valence-electron chi connectivity index (χ3n) is 5.69. The van der Waals surface area contributed by atoms with E-state index in [1.165, 1.54) is 0 Å². The molecular weight excluding hydrogens is 418 g/mol. The maximum atomic E-state index is 12.5. The summed E-state index contributed by atoms with van der Waals surface area (Å²) in [5, 5.41) is 2.80. The molecule has 5 rings (SSSR count). The topological polar surface area (TPSA) is 61.1 Å². The van der Waals surface area contributed by atoms with E-state index in [2.05, 4.69) is 0 Å². The van der Waals surface area contributed by atoms with E-state index < -0.39 is 0 Å². The van der Waals surface area contributed by atoms with Crippen LogP contribution in [0.4, 0.5) is 5.69 Å². The summed E-state index contributed by atoms with van der Waals surface area (Å²) in [7, 11) is 3.17. The first-order chi connectivity index (χ1) is 15.0. The van der Waals surface area contributed by atoms with Gasteiger partial charge in [-0.1, -0.05) is 29.8 Å². The first kappa shape index (κ1) is 19.6. The average molecular weight is 438 g/mol. The molecular formula is C24H20ClNO5. The Morgan fingerprint density at radius 3 is 2.48 bits per heavy atom. The number of anilines is 1. The number of benzene rings is 3. The van der Waals surface area contributed by atoms with E-state index in [4.69, 9.17) is 30.2 Å². The van der Waals surface area contributed by atoms with E-state index in [0.717, 1.165) is 33.3 Å². The molecule has 0 radical (unpaired) electrons. The summed E-state index contributed by atoms with van der Waals surface area (Å²) in [5.74, 6) is 1.92. The SMILES string of the molecule is COc1cc(OC)c(N2COc3c(cc4c(oc(=O)c5ccccc54)c3C)C2)cc1Cl. The molecule has 1 aliphatic rings. The Morgan fingerprint density at radius 1 is 1.00 bits per heavy atom. The van der Waals surface area contributed by atoms with Crippen LogP contribution in [0.5, 0.6) is 17.2 Å². The second kappa shape index (κ2) is 7.39. The van der Waals surface area contributed by atoms with Crippen molar-refractivity contribution in [1.82, 2.24) is 0 Å². The van der Waals surface area contributed by atoms with Crippen LogP contribution in [0.2, 0.25) is 5.02 Å². The number of halogens is 1. The number of rotatable bonds is 3. The lowest BCUT2D eigenvalue weighted by Gasteiger charge is -2.33. The van der Waals surface area contributed by atoms with Gasteiger partial charge in [-0.3, -0.25) is 0 Å². The molecule has 0 N–H and O–H groups in total. The van der Waals surface area contributed by atoms with Crippen LogP contribution in [-0.2, 0) is 6.54 Å². The van der Waals surface area contributed by atoms with E-state index >= 15 is 0 Å². The molecule has 3 aromatic carbocycles. The maximum Gasteiger partial charge on any atom is 0.344 e. The van der Waals surface area contributed by atoms with Crippen molar-refractivity contribution in [3.63, 3.8) is 0 Å². The zero-order valence-corrected chi connectivity index (χ0v) is 18.1. The number of fused-ring (bicyclic) bond motifs is 4. The number of hydrogen-bond acceptors (Lipinski definition) is 6. The highest BCUT2D eigenvalue weighted by Gasteiger charge is 2.25. The molecule has 0 saturated carbocycles. The van der Waals surface area contributed by atoms with Gasteiger partial charge in [0.05, 0.1) is 36.9 Å². The summed E-state index contributed by atoms with van der Waals surface area (Å²) in [6, 6.07) is 13.1. The second-order valence-corrected chi connectivity index (χ2v) is 7.84. The molecule has 6 nitrogen and oxygen atoms in total. The molecule has 0 atom stereocenters. The normalized spacial score (nSPS) is 13.2. The van der Waals surface area contributed by atoms with Gasteiger partial charge in [0, 0.05) is 22.6 Å². The third-order valence-corrected chi connectivity index (χ3v) is 5.98. The van der Waals surface area contributed by atoms with E-state index in [1.54, 1.807) is 26.4 Å². The third kappa shape index (κ3) is 3.06. The largest absolute Gasteiger partial charge is 0.495 e. The van der Waals surface area contributed by atoms with Crippen molar-refractivity contribution in [3.05, 3.63) is 69.0 Å². The molecule has 2 heterocycles. The lowest BCUT2D eigenvalue weighted by molar-refractivity contribution is 0.285. The summed E-state index contributed by atoms with van der Waals surface area (Å²) in [4.78, 5) is 14.5. The Hall–Kier alpha value is -3.38. The Balaban J connectivity index is 1.66. The first-order valence-corrected chi connectivity index (χ1v) is 10.2. The second-order valence-electron chi connectivity index (χ2n) is 7.43. The highest BCUT2D eigenvalue weighted by atomic mass is 35.5. The Morgan fingerprint density at radius 2 is 1.74 bits per heavy atom. The van der Waals surface area contributed by atoms with Crippen LogP contribution < -0.4 is 24.7 Å². The minimum atomic E-state index is -0.346. The van der Waals surface area contributed by atoms with Gasteiger partial charge < -0.3 is 23.5 Å². The molecule has 0 spiro atoms. The molecule has 7 heteroatoms. The van der Waals surface area contributed by atoms with E-state index in [0.29, 0.717) is 40.8 Å². The number of nitrogens with zero attached hydrogens (tertiary/aromatic N) is 1. The average Bonchev–Trinajstić information content (AvgIpc) is 2.80. The van der Waals surface area contributed by atoms with Gasteiger partial charge in [-0.05, 0) is 30.5 Å². The van der Waals surface area contributed by atoms with Gasteiger partial charge in [-0.15, -0.1) is 0 Å². The van der Waals surface area contributed by atoms with Crippen LogP contribution in [0.1, 0.15) is 11.1 Å². The molecule has 158 valence electrons. The zero-order chi connectivity index (χ0) is 21.7. The van der Waals surface area contributed by atoms with Gasteiger partial charge in [-0.25, -0.2) is 4.79 Å². The lowest BCUT2D eigenvalue weighted by atomic mass is 10.00. The van der Waals surface area contributed by atoms with Crippen LogP contribution in [0.25, 0.3) is 21.7 Å². The molecule has 4 aromatic rings. The van der Waals surface area contributed by atoms with Crippen molar-refractivity contribution >= 4 is 39.0 Å². The number of hydrogen-bond donors (Lipinski definition) is 0. The van der Waals surface area contributed by atoms with Crippen molar-refractivity contribution in [2.45, 2.75) is 13.5 Å². The Bertz CT molecular complexity index is 1390. The fourth-order valence-corrected chi connectivity index (χ4v) is 4.42. The minimum absolute atomic E-state index is 0.302. The van der Waals surface area contributed by atoms with Gasteiger partial charge in [0.25, 0.3) is 0 Å². The quantitative estimate of drug-likeness (QED) is 0.321. The summed E-state index contributed by atoms with van der Waals surface area (Å²) in [6.45, 7) is 2.80. The molecule has 1 aromatic heterocycles. The molecule has 0 bridgehead atoms. The van der Waals surface area contributed by atoms with Crippen molar-refractivity contribution in [3.8, 4) is 17.2 Å². The van der Waals surface area contributed by atoms with Gasteiger partial charge in [0.2, 0.25) is 0 Å². The van der Waals surface area contributed by atoms with Crippen LogP contribution in [0, 0.1) is 6.92 Å². The lowest BCUT2D eigenvalue weighted by Crippen LogP contribution is -2.32. The van der Waals surface area contributed by atoms with Gasteiger partial charge in [0.1, 0.15) is 22.8 Å². The smallest absolute Gasteiger partial charge is 0.344 e. The van der Waals surface area contributed by atoms with Crippen LogP contribution >= 0.6 is 11.6 Å². The molecule has 0 saturated heterocycles. The van der Waals surface area contributed by atoms with Crippen LogP contribution in [0.15, 0.2) is 51.7 Å². The zero-order valence-electron chi connectivity index (χ0n) is 17.3. The van der Waals surface area contributed by atoms with Crippen LogP contribution in [-0.4, -0.2) is 21.0 Å². The maximum absolute atomic E-state index is 12.5. The molecule has 0 aliphatic carbocycles. The predicted octanol–water partition coefficient (Wildman–Crippen LogP) is 5.28. The standard InChI is InChI=1S/C24H20ClNO5/c1-13-22-14(8-17-15-6-4-5-7-16(15)24(27)31-23(13)17)11-26(12-30-22)19-9-18(25)20(28-2)10-21(19)29-3/h4-10H,11-12H2,1-3H3. The fourth-order valence-electron chi connectivity index (χ4n) is 4.18. The van der Waals surface area contributed by atoms with Gasteiger partial charge in [-0.2, -0.15) is 0 Å². The number of methoxy groups -OCH3 is 2. The molecule has 0 unspecified atom stereocenters. The van der Waals surface area contributed by atoms with Crippen LogP contribution in [0.3, 0.4) is 0 Å². The van der Waals surface area contributed by atoms with E-state index in [9.17, 15) is 4.79 Å². The predicted molar refractivity (Wildman–Crippen MR) is 121 cm³/mol. The van der Waals surface area contributed by atoms with Gasteiger partial charge >= 0.3 is 5.63 Å². The fraction of sp³-hybridized carbons (Fsp3) is 0.208. The molecule has 31 heavy (non-hydrogen) atoms. The highest BCUT2D eigenvalue weighted by Crippen LogP contribution is 2.42. The molecule has 0 fully saturated rings. The van der Waals surface area contributed by atoms with Crippen molar-refractivity contribution < 1.29 is 18.6 Å². The van der Waals surface area contributed by atoms with E-state index in [1.807, 2.05) is 42.2 Å². The van der Waals surface area contributed by atoms with Crippen molar-refractivity contribution in [1.29, 1.82) is 0 Å². The first-order valence-electron chi connectivity index (χ1n) is 9.79. The Kier molecular flexibility index (Phi) is 4.67. The minimum Gasteiger partial charge on any atom is -0.495 e. The summed E-state index contributed by atoms with van der Waals surface area (Å²) in [6.07, 6.45) is 0. The molecule has 1 aliphatic heterocycles. The highest BCUT2D eigenvalue weighted by molar-refractivity contribution is 6.32. The monoisotopic (exact) mass is 437 g/mol. The summed E-state index contributed by atoms with van der Waals surface area (Å²) in [5.41, 5.74) is 2.82. The summed E-state index contributed by atoms with van der Waals surface area (Å²) >= 11 is 6.37. The Labute approximate surface area is 183 Å². The molecule has 0 amide bonds. The number of ether oxygens (including phenoxy) is 3. The number of aryl methyl sites for hydroxylation is 1. The van der Waals surface area contributed by atoms with Crippen molar-refractivity contribution in [2.24, 2.45) is 0 Å². The summed E-state index contributed by atoms with van der Waals surface area (Å²) < 4.78 is 22.6. The van der Waals surface area contributed by atoms with Crippen molar-refractivity contribution in [2.75, 3.05) is 25.9 Å². The van der Waals surface area contributed by atoms with E-state index in [-0.39, 0.29) is 5.63 Å². The van der Waals surface area contributed by atoms with Gasteiger partial charge in [0.15, 0.2) is 6.73 Å².